The molecule has 0 saturated heterocycles. The molecule has 0 atom stereocenters. The predicted octanol–water partition coefficient (Wildman–Crippen LogP) is 4.13. The van der Waals surface area contributed by atoms with Gasteiger partial charge in [0, 0.05) is 11.1 Å². The lowest BCUT2D eigenvalue weighted by molar-refractivity contribution is -0.0505. The molecule has 0 unspecified atom stereocenters. The van der Waals surface area contributed by atoms with Crippen molar-refractivity contribution in [2.24, 2.45) is 0 Å². The van der Waals surface area contributed by atoms with Gasteiger partial charge in [-0.25, -0.2) is 0 Å². The molecule has 0 aromatic heterocycles. The molecule has 0 N–H and O–H groups in total. The molecule has 7 nitrogen and oxygen atoms in total. The Hall–Kier alpha value is -2.68. The Bertz CT molecular complexity index is 1190. The summed E-state index contributed by atoms with van der Waals surface area (Å²) in [7, 11) is -11.4. The van der Waals surface area contributed by atoms with Gasteiger partial charge in [-0.3, -0.25) is 0 Å². The monoisotopic (exact) mass is 494 g/mol. The Morgan fingerprint density at radius 1 is 0.742 bits per heavy atom. The maximum absolute atomic E-state index is 12.8. The number of methoxy groups -OCH3 is 1. The summed E-state index contributed by atoms with van der Waals surface area (Å²) in [4.78, 5) is 0. The third-order valence-electron chi connectivity index (χ3n) is 3.56. The lowest BCUT2D eigenvalue weighted by atomic mass is 10.0. The summed E-state index contributed by atoms with van der Waals surface area (Å²) in [5, 5.41) is 0. The van der Waals surface area contributed by atoms with Gasteiger partial charge in [0.15, 0.2) is 17.2 Å². The molecular weight excluding hydrogens is 482 g/mol. The van der Waals surface area contributed by atoms with Crippen molar-refractivity contribution in [2.45, 2.75) is 17.9 Å². The maximum atomic E-state index is 12.8. The fraction of sp³-hybridized carbons (Fsp3) is 0.250. The minimum absolute atomic E-state index is 0.261. The predicted molar refractivity (Wildman–Crippen MR) is 94.4 cm³/mol. The molecule has 2 aromatic carbocycles. The molecule has 0 fully saturated rings. The van der Waals surface area contributed by atoms with Crippen molar-refractivity contribution in [3.05, 3.63) is 42.0 Å². The fourth-order valence-corrected chi connectivity index (χ4v) is 3.22. The van der Waals surface area contributed by atoms with Gasteiger partial charge < -0.3 is 13.1 Å². The molecule has 0 bridgehead atoms. The van der Waals surface area contributed by atoms with Gasteiger partial charge in [0.1, 0.15) is 0 Å². The lowest BCUT2D eigenvalue weighted by Gasteiger charge is -2.19. The number of benzene rings is 2. The van der Waals surface area contributed by atoms with E-state index in [1.54, 1.807) is 0 Å². The van der Waals surface area contributed by atoms with E-state index in [0.717, 1.165) is 37.4 Å². The van der Waals surface area contributed by atoms with Crippen LogP contribution in [-0.2, 0) is 20.2 Å². The summed E-state index contributed by atoms with van der Waals surface area (Å²) in [6, 6.07) is 6.20. The largest absolute Gasteiger partial charge is 0.534 e. The third kappa shape index (κ3) is 5.15. The molecule has 0 amide bonds. The number of ether oxygens (including phenoxy) is 1. The normalized spacial score (nSPS) is 13.0. The highest BCUT2D eigenvalue weighted by Gasteiger charge is 2.50. The SMILES string of the molecule is COc1cc(C)cc(-c2ccccc2OS(=O)(=O)C(F)(F)F)c1OS(=O)(=O)C(F)(F)F. The summed E-state index contributed by atoms with van der Waals surface area (Å²) in [5.74, 6) is -2.50. The first-order valence-electron chi connectivity index (χ1n) is 7.79. The Morgan fingerprint density at radius 3 is 1.77 bits per heavy atom. The molecule has 2 aromatic rings. The van der Waals surface area contributed by atoms with Crippen LogP contribution in [0.2, 0.25) is 0 Å². The van der Waals surface area contributed by atoms with Crippen LogP contribution in [0.15, 0.2) is 36.4 Å². The van der Waals surface area contributed by atoms with Crippen molar-refractivity contribution in [3.8, 4) is 28.4 Å². The summed E-state index contributed by atoms with van der Waals surface area (Å²) in [5.41, 5.74) is -12.4. The van der Waals surface area contributed by atoms with Crippen molar-refractivity contribution in [3.63, 3.8) is 0 Å². The van der Waals surface area contributed by atoms with Crippen LogP contribution < -0.4 is 13.1 Å². The minimum Gasteiger partial charge on any atom is -0.493 e. The van der Waals surface area contributed by atoms with E-state index >= 15 is 0 Å². The Balaban J connectivity index is 2.77. The summed E-state index contributed by atoms with van der Waals surface area (Å²) >= 11 is 0. The van der Waals surface area contributed by atoms with Crippen LogP contribution in [0.25, 0.3) is 11.1 Å². The van der Waals surface area contributed by atoms with E-state index in [0.29, 0.717) is 0 Å². The summed E-state index contributed by atoms with van der Waals surface area (Å²) in [6.07, 6.45) is 0. The Kier molecular flexibility index (Phi) is 6.43. The summed E-state index contributed by atoms with van der Waals surface area (Å²) < 4.78 is 136. The first kappa shape index (κ1) is 24.6. The highest BCUT2D eigenvalue weighted by Crippen LogP contribution is 2.45. The average molecular weight is 494 g/mol. The van der Waals surface area contributed by atoms with Crippen LogP contribution in [0.5, 0.6) is 17.2 Å². The van der Waals surface area contributed by atoms with E-state index in [1.807, 2.05) is 0 Å². The van der Waals surface area contributed by atoms with Gasteiger partial charge in [-0.1, -0.05) is 18.2 Å². The number of alkyl halides is 6. The number of hydrogen-bond donors (Lipinski definition) is 0. The van der Waals surface area contributed by atoms with Gasteiger partial charge in [-0.2, -0.15) is 43.2 Å². The highest BCUT2D eigenvalue weighted by atomic mass is 32.2. The van der Waals surface area contributed by atoms with Gasteiger partial charge in [0.25, 0.3) is 0 Å². The van der Waals surface area contributed by atoms with E-state index < -0.39 is 59.6 Å². The van der Waals surface area contributed by atoms with E-state index in [1.165, 1.54) is 13.0 Å². The molecule has 0 saturated carbocycles. The van der Waals surface area contributed by atoms with Crippen molar-refractivity contribution < 1.29 is 56.3 Å². The van der Waals surface area contributed by atoms with Gasteiger partial charge in [-0.05, 0) is 30.7 Å². The number of rotatable bonds is 6. The first-order valence-corrected chi connectivity index (χ1v) is 10.6. The smallest absolute Gasteiger partial charge is 0.493 e. The Labute approximate surface area is 172 Å². The van der Waals surface area contributed by atoms with Crippen molar-refractivity contribution in [2.75, 3.05) is 7.11 Å². The second-order valence-electron chi connectivity index (χ2n) is 5.81. The lowest BCUT2D eigenvalue weighted by Crippen LogP contribution is -2.28. The zero-order chi connectivity index (χ0) is 23.8. The van der Waals surface area contributed by atoms with Gasteiger partial charge in [0.2, 0.25) is 0 Å². The van der Waals surface area contributed by atoms with Crippen molar-refractivity contribution >= 4 is 20.2 Å². The van der Waals surface area contributed by atoms with E-state index in [-0.39, 0.29) is 5.56 Å². The van der Waals surface area contributed by atoms with E-state index in [2.05, 4.69) is 8.37 Å². The third-order valence-corrected chi connectivity index (χ3v) is 5.47. The van der Waals surface area contributed by atoms with Crippen LogP contribution in [0.3, 0.4) is 0 Å². The van der Waals surface area contributed by atoms with E-state index in [9.17, 15) is 43.2 Å². The number of hydrogen-bond acceptors (Lipinski definition) is 7. The quantitative estimate of drug-likeness (QED) is 0.339. The van der Waals surface area contributed by atoms with Crippen molar-refractivity contribution in [1.29, 1.82) is 0 Å². The Morgan fingerprint density at radius 2 is 1.26 bits per heavy atom. The molecule has 0 aliphatic heterocycles. The van der Waals surface area contributed by atoms with Crippen LogP contribution in [-0.4, -0.2) is 35.0 Å². The number of aryl methyl sites for hydroxylation is 1. The highest BCUT2D eigenvalue weighted by molar-refractivity contribution is 7.88. The minimum atomic E-state index is -6.22. The number of para-hydroxylation sites is 1. The zero-order valence-corrected chi connectivity index (χ0v) is 17.0. The molecule has 15 heteroatoms. The van der Waals surface area contributed by atoms with Crippen LogP contribution >= 0.6 is 0 Å². The topological polar surface area (TPSA) is 96.0 Å². The molecule has 2 rings (SSSR count). The molecule has 31 heavy (non-hydrogen) atoms. The molecule has 172 valence electrons. The van der Waals surface area contributed by atoms with Gasteiger partial charge >= 0.3 is 31.3 Å². The second-order valence-corrected chi connectivity index (χ2v) is 8.88. The van der Waals surface area contributed by atoms with Crippen LogP contribution in [0.1, 0.15) is 5.56 Å². The van der Waals surface area contributed by atoms with Crippen molar-refractivity contribution in [1.82, 2.24) is 0 Å². The van der Waals surface area contributed by atoms with Gasteiger partial charge in [0.05, 0.1) is 7.11 Å². The average Bonchev–Trinajstić information content (AvgIpc) is 2.61. The van der Waals surface area contributed by atoms with Gasteiger partial charge in [-0.15, -0.1) is 0 Å². The first-order chi connectivity index (χ1) is 14.0. The van der Waals surface area contributed by atoms with E-state index in [4.69, 9.17) is 4.74 Å². The van der Waals surface area contributed by atoms with Crippen LogP contribution in [0, 0.1) is 6.92 Å². The number of halogens is 6. The molecular formula is C16H12F6O7S2. The maximum Gasteiger partial charge on any atom is 0.534 e. The van der Waals surface area contributed by atoms with Crippen LogP contribution in [0.4, 0.5) is 26.3 Å². The summed E-state index contributed by atoms with van der Waals surface area (Å²) in [6.45, 7) is 1.41. The fourth-order valence-electron chi connectivity index (χ4n) is 2.26. The molecule has 0 spiro atoms. The molecule has 0 aliphatic rings. The molecule has 0 radical (unpaired) electrons. The standard InChI is InChI=1S/C16H12F6O7S2/c1-9-7-11(14(13(8-9)27-2)29-31(25,26)16(20,21)22)10-5-3-4-6-12(10)28-30(23,24)15(17,18)19/h3-8H,1-2H3. The second kappa shape index (κ2) is 8.11. The zero-order valence-electron chi connectivity index (χ0n) is 15.4. The molecule has 0 aliphatic carbocycles. The molecule has 0 heterocycles.